The number of rotatable bonds is 3. The number of alkyl halides is 3. The van der Waals surface area contributed by atoms with Crippen molar-refractivity contribution in [1.82, 2.24) is 4.57 Å². The van der Waals surface area contributed by atoms with Crippen LogP contribution >= 0.6 is 11.3 Å². The Morgan fingerprint density at radius 3 is 2.44 bits per heavy atom. The van der Waals surface area contributed by atoms with Gasteiger partial charge in [0.2, 0.25) is 0 Å². The number of carbonyl (C=O) groups is 1. The number of hydrogen-bond acceptors (Lipinski definition) is 4. The van der Waals surface area contributed by atoms with E-state index in [1.165, 1.54) is 28.4 Å². The van der Waals surface area contributed by atoms with E-state index in [-0.39, 0.29) is 17.0 Å². The lowest BCUT2D eigenvalue weighted by molar-refractivity contribution is -0.137. The highest BCUT2D eigenvalue weighted by molar-refractivity contribution is 7.12. The van der Waals surface area contributed by atoms with E-state index in [9.17, 15) is 23.2 Å². The van der Waals surface area contributed by atoms with Gasteiger partial charge in [0.1, 0.15) is 5.82 Å². The number of hydrogen-bond donors (Lipinski definition) is 0. The van der Waals surface area contributed by atoms with Crippen LogP contribution in [0.2, 0.25) is 0 Å². The molecule has 0 amide bonds. The molecule has 5 rings (SSSR count). The first-order chi connectivity index (χ1) is 16.3. The van der Waals surface area contributed by atoms with Crippen LogP contribution in [0.4, 0.5) is 18.9 Å². The number of Topliss-reactive ketones (excluding diaryl/α,β-unsaturated/α-hetero) is 1. The molecule has 8 heteroatoms. The smallest absolute Gasteiger partial charge is 0.309 e. The summed E-state index contributed by atoms with van der Waals surface area (Å²) < 4.78 is 44.0. The Morgan fingerprint density at radius 2 is 1.79 bits per heavy atom. The summed E-state index contributed by atoms with van der Waals surface area (Å²) in [6.45, 7) is 1.95. The predicted octanol–water partition coefficient (Wildman–Crippen LogP) is 6.88. The Labute approximate surface area is 198 Å². The Hall–Kier alpha value is -3.57. The van der Waals surface area contributed by atoms with Gasteiger partial charge in [-0.15, -0.1) is 11.3 Å². The van der Waals surface area contributed by atoms with Gasteiger partial charge in [0.25, 0.3) is 0 Å². The molecule has 34 heavy (non-hydrogen) atoms. The predicted molar refractivity (Wildman–Crippen MR) is 125 cm³/mol. The Balaban J connectivity index is 1.88. The first-order valence-corrected chi connectivity index (χ1v) is 11.7. The van der Waals surface area contributed by atoms with Crippen molar-refractivity contribution < 1.29 is 18.0 Å². The molecule has 3 aromatic rings. The van der Waals surface area contributed by atoms with E-state index in [1.54, 1.807) is 35.2 Å². The zero-order chi connectivity index (χ0) is 24.0. The van der Waals surface area contributed by atoms with Gasteiger partial charge in [0, 0.05) is 39.8 Å². The average molecular weight is 480 g/mol. The maximum absolute atomic E-state index is 14.1. The summed E-state index contributed by atoms with van der Waals surface area (Å²) in [5.41, 5.74) is 0.315. The number of allylic oxidation sites excluding steroid dienone is 3. The first-order valence-electron chi connectivity index (χ1n) is 10.9. The molecular weight excluding hydrogens is 459 g/mol. The molecule has 0 saturated heterocycles. The minimum atomic E-state index is -4.60. The number of benzene rings is 1. The Morgan fingerprint density at radius 1 is 1.06 bits per heavy atom. The minimum absolute atomic E-state index is 0.0885. The maximum atomic E-state index is 14.1. The van der Waals surface area contributed by atoms with E-state index in [0.29, 0.717) is 36.4 Å². The molecule has 1 aliphatic heterocycles. The number of halogens is 3. The van der Waals surface area contributed by atoms with Gasteiger partial charge in [-0.1, -0.05) is 12.1 Å². The third-order valence-electron chi connectivity index (χ3n) is 6.19. The third-order valence-corrected chi connectivity index (χ3v) is 7.26. The standard InChI is InChI=1S/C26H20F3N3OS/c1-16-11-12-22(34-16)23-17(15-30)25(31-13-4-5-14-31)32(20-9-6-10-21(33)24(20)23)19-8-3-2-7-18(19)26(27,28)29/h2-5,7-8,11-14,23H,6,9-10H2,1H3. The van der Waals surface area contributed by atoms with Crippen LogP contribution in [0.1, 0.15) is 40.5 Å². The lowest BCUT2D eigenvalue weighted by Crippen LogP contribution is -2.37. The molecule has 4 nitrogen and oxygen atoms in total. The van der Waals surface area contributed by atoms with Crippen molar-refractivity contribution in [3.05, 3.63) is 93.1 Å². The molecule has 1 unspecified atom stereocenters. The second-order valence-electron chi connectivity index (χ2n) is 8.31. The molecule has 0 saturated carbocycles. The van der Waals surface area contributed by atoms with Gasteiger partial charge in [-0.05, 0) is 56.2 Å². The van der Waals surface area contributed by atoms with Crippen molar-refractivity contribution in [2.45, 2.75) is 38.3 Å². The van der Waals surface area contributed by atoms with Crippen LogP contribution in [0.5, 0.6) is 0 Å². The molecule has 1 atom stereocenters. The molecule has 1 aliphatic carbocycles. The van der Waals surface area contributed by atoms with E-state index in [2.05, 4.69) is 6.07 Å². The number of anilines is 1. The number of aromatic nitrogens is 1. The molecule has 1 aromatic carbocycles. The van der Waals surface area contributed by atoms with E-state index in [4.69, 9.17) is 0 Å². The van der Waals surface area contributed by atoms with Gasteiger partial charge in [-0.2, -0.15) is 18.4 Å². The van der Waals surface area contributed by atoms with Crippen LogP contribution < -0.4 is 4.90 Å². The van der Waals surface area contributed by atoms with Crippen LogP contribution in [-0.2, 0) is 11.0 Å². The van der Waals surface area contributed by atoms with Crippen molar-refractivity contribution in [3.63, 3.8) is 0 Å². The van der Waals surface area contributed by atoms with E-state index < -0.39 is 17.7 Å². The van der Waals surface area contributed by atoms with Gasteiger partial charge in [-0.3, -0.25) is 9.69 Å². The largest absolute Gasteiger partial charge is 0.418 e. The Bertz CT molecular complexity index is 1370. The SMILES string of the molecule is Cc1ccc(C2C(C#N)=C(n3cccc3)N(c3ccccc3C(F)(F)F)C3=C2C(=O)CCC3)s1. The normalized spacial score (nSPS) is 18.9. The summed E-state index contributed by atoms with van der Waals surface area (Å²) in [5, 5.41) is 10.4. The summed E-state index contributed by atoms with van der Waals surface area (Å²) in [7, 11) is 0. The van der Waals surface area contributed by atoms with Crippen molar-refractivity contribution in [3.8, 4) is 6.07 Å². The van der Waals surface area contributed by atoms with Gasteiger partial charge in [0.15, 0.2) is 5.78 Å². The van der Waals surface area contributed by atoms with Gasteiger partial charge >= 0.3 is 6.18 Å². The molecular formula is C26H20F3N3OS. The highest BCUT2D eigenvalue weighted by Gasteiger charge is 2.44. The second kappa shape index (κ2) is 8.33. The fourth-order valence-electron chi connectivity index (χ4n) is 4.83. The number of nitrogens with zero attached hydrogens (tertiary/aromatic N) is 3. The number of carbonyl (C=O) groups excluding carboxylic acids is 1. The van der Waals surface area contributed by atoms with Crippen LogP contribution in [0.3, 0.4) is 0 Å². The third kappa shape index (κ3) is 3.57. The van der Waals surface area contributed by atoms with Crippen molar-refractivity contribution in [2.75, 3.05) is 4.90 Å². The Kier molecular flexibility index (Phi) is 5.45. The quantitative estimate of drug-likeness (QED) is 0.411. The van der Waals surface area contributed by atoms with Crippen molar-refractivity contribution in [1.29, 1.82) is 5.26 Å². The van der Waals surface area contributed by atoms with Gasteiger partial charge in [-0.25, -0.2) is 0 Å². The molecule has 3 heterocycles. The first kappa shape index (κ1) is 22.2. The molecule has 2 aromatic heterocycles. The lowest BCUT2D eigenvalue weighted by Gasteiger charge is -2.41. The number of thiophene rings is 1. The van der Waals surface area contributed by atoms with Crippen LogP contribution in [-0.4, -0.2) is 10.4 Å². The summed E-state index contributed by atoms with van der Waals surface area (Å²) in [6.07, 6.45) is 0.112. The summed E-state index contributed by atoms with van der Waals surface area (Å²) >= 11 is 1.50. The molecule has 172 valence electrons. The fraction of sp³-hybridized carbons (Fsp3) is 0.231. The van der Waals surface area contributed by atoms with E-state index in [0.717, 1.165) is 15.8 Å². The summed E-state index contributed by atoms with van der Waals surface area (Å²) in [6, 6.07) is 15.0. The fourth-order valence-corrected chi connectivity index (χ4v) is 5.83. The van der Waals surface area contributed by atoms with Crippen LogP contribution in [0, 0.1) is 18.3 Å². The van der Waals surface area contributed by atoms with Crippen LogP contribution in [0.15, 0.2) is 77.8 Å². The van der Waals surface area contributed by atoms with E-state index >= 15 is 0 Å². The zero-order valence-electron chi connectivity index (χ0n) is 18.3. The number of nitriles is 1. The van der Waals surface area contributed by atoms with Gasteiger partial charge < -0.3 is 4.57 Å². The molecule has 0 radical (unpaired) electrons. The summed E-state index contributed by atoms with van der Waals surface area (Å²) in [4.78, 5) is 16.7. The summed E-state index contributed by atoms with van der Waals surface area (Å²) in [5.74, 6) is -0.405. The molecule has 0 fully saturated rings. The van der Waals surface area contributed by atoms with E-state index in [1.807, 2.05) is 19.1 Å². The number of aryl methyl sites for hydroxylation is 1. The highest BCUT2D eigenvalue weighted by Crippen LogP contribution is 2.51. The lowest BCUT2D eigenvalue weighted by atomic mass is 9.78. The van der Waals surface area contributed by atoms with Gasteiger partial charge in [0.05, 0.1) is 28.8 Å². The topological polar surface area (TPSA) is 49.0 Å². The average Bonchev–Trinajstić information content (AvgIpc) is 3.49. The van der Waals surface area contributed by atoms with Crippen molar-refractivity contribution in [2.24, 2.45) is 0 Å². The minimum Gasteiger partial charge on any atom is -0.309 e. The molecule has 0 bridgehead atoms. The van der Waals surface area contributed by atoms with Crippen molar-refractivity contribution >= 4 is 28.6 Å². The monoisotopic (exact) mass is 479 g/mol. The maximum Gasteiger partial charge on any atom is 0.418 e. The molecule has 0 N–H and O–H groups in total. The second-order valence-corrected chi connectivity index (χ2v) is 9.63. The van der Waals surface area contributed by atoms with Crippen LogP contribution in [0.25, 0.3) is 5.82 Å². The molecule has 2 aliphatic rings. The number of para-hydroxylation sites is 1. The highest BCUT2D eigenvalue weighted by atomic mass is 32.1. The number of ketones is 1. The molecule has 0 spiro atoms. The zero-order valence-corrected chi connectivity index (χ0v) is 19.1.